The smallest absolute Gasteiger partial charge is 0.0178 e. The summed E-state index contributed by atoms with van der Waals surface area (Å²) in [4.78, 5) is 0. The van der Waals surface area contributed by atoms with Crippen LogP contribution in [0.3, 0.4) is 0 Å². The van der Waals surface area contributed by atoms with Crippen molar-refractivity contribution in [3.8, 4) is 0 Å². The van der Waals surface area contributed by atoms with Gasteiger partial charge in [0.05, 0.1) is 0 Å². The van der Waals surface area contributed by atoms with Gasteiger partial charge in [0.2, 0.25) is 0 Å². The minimum atomic E-state index is 0.619. The first-order valence-electron chi connectivity index (χ1n) is 7.50. The number of aryl methyl sites for hydroxylation is 1. The first-order valence-corrected chi connectivity index (χ1v) is 7.50. The summed E-state index contributed by atoms with van der Waals surface area (Å²) in [7, 11) is 0. The van der Waals surface area contributed by atoms with Crippen molar-refractivity contribution in [1.29, 1.82) is 0 Å². The van der Waals surface area contributed by atoms with Gasteiger partial charge in [-0.15, -0.1) is 0 Å². The van der Waals surface area contributed by atoms with Crippen molar-refractivity contribution in [3.63, 3.8) is 0 Å². The average Bonchev–Trinajstić information content (AvgIpc) is 2.53. The molecule has 1 heteroatoms. The van der Waals surface area contributed by atoms with Crippen LogP contribution in [0.5, 0.6) is 0 Å². The zero-order chi connectivity index (χ0) is 13.5. The number of rotatable bonds is 1. The second-order valence-corrected chi connectivity index (χ2v) is 5.81. The lowest BCUT2D eigenvalue weighted by Gasteiger charge is -2.25. The maximum absolute atomic E-state index is 5.80. The molecule has 0 fully saturated rings. The minimum Gasteiger partial charge on any atom is -0.326 e. The van der Waals surface area contributed by atoms with E-state index in [1.165, 1.54) is 58.7 Å². The Bertz CT molecular complexity index is 750. The average molecular weight is 261 g/mol. The van der Waals surface area contributed by atoms with Crippen LogP contribution in [0.2, 0.25) is 0 Å². The molecule has 100 valence electrons. The standard InChI is InChI=1S/C19H19N/c20-12-13-5-6-15-8-9-17-16-4-2-1-3-14(16)7-10-18(17)19(15)11-13/h2,4-6,8-9,11H,1,3,7,10,12,20H2. The Hall–Kier alpha value is -1.86. The van der Waals surface area contributed by atoms with E-state index in [1.54, 1.807) is 5.57 Å². The van der Waals surface area contributed by atoms with E-state index in [2.05, 4.69) is 42.5 Å². The van der Waals surface area contributed by atoms with Crippen LogP contribution in [0.4, 0.5) is 0 Å². The van der Waals surface area contributed by atoms with E-state index in [9.17, 15) is 0 Å². The van der Waals surface area contributed by atoms with Gasteiger partial charge in [-0.25, -0.2) is 0 Å². The van der Waals surface area contributed by atoms with E-state index in [-0.39, 0.29) is 0 Å². The first kappa shape index (κ1) is 11.9. The van der Waals surface area contributed by atoms with Crippen LogP contribution in [-0.4, -0.2) is 0 Å². The molecule has 0 atom stereocenters. The molecule has 2 N–H and O–H groups in total. The van der Waals surface area contributed by atoms with Crippen molar-refractivity contribution in [1.82, 2.24) is 0 Å². The number of hydrogen-bond donors (Lipinski definition) is 1. The Morgan fingerprint density at radius 1 is 1.00 bits per heavy atom. The third-order valence-corrected chi connectivity index (χ3v) is 4.68. The van der Waals surface area contributed by atoms with Gasteiger partial charge in [-0.1, -0.05) is 42.0 Å². The Balaban J connectivity index is 1.98. The first-order chi connectivity index (χ1) is 9.86. The quantitative estimate of drug-likeness (QED) is 0.811. The second kappa shape index (κ2) is 4.60. The third-order valence-electron chi connectivity index (χ3n) is 4.68. The molecule has 1 nitrogen and oxygen atoms in total. The molecule has 0 saturated carbocycles. The highest BCUT2D eigenvalue weighted by Crippen LogP contribution is 2.39. The molecule has 2 aliphatic carbocycles. The van der Waals surface area contributed by atoms with E-state index in [0.29, 0.717) is 6.54 Å². The summed E-state index contributed by atoms with van der Waals surface area (Å²) >= 11 is 0. The van der Waals surface area contributed by atoms with Crippen molar-refractivity contribution in [2.45, 2.75) is 32.2 Å². The van der Waals surface area contributed by atoms with E-state index >= 15 is 0 Å². The van der Waals surface area contributed by atoms with Gasteiger partial charge in [0.25, 0.3) is 0 Å². The van der Waals surface area contributed by atoms with Gasteiger partial charge in [0.15, 0.2) is 0 Å². The largest absolute Gasteiger partial charge is 0.326 e. The Morgan fingerprint density at radius 3 is 2.80 bits per heavy atom. The maximum atomic E-state index is 5.80. The number of benzene rings is 2. The summed E-state index contributed by atoms with van der Waals surface area (Å²) in [5.74, 6) is 0. The van der Waals surface area contributed by atoms with E-state index in [0.717, 1.165) is 0 Å². The third kappa shape index (κ3) is 1.74. The Kier molecular flexibility index (Phi) is 2.75. The fraction of sp³-hybridized carbons (Fsp3) is 0.263. The van der Waals surface area contributed by atoms with Crippen LogP contribution in [0, 0.1) is 0 Å². The summed E-state index contributed by atoms with van der Waals surface area (Å²) in [6.45, 7) is 0.619. The fourth-order valence-electron chi connectivity index (χ4n) is 3.60. The van der Waals surface area contributed by atoms with E-state index < -0.39 is 0 Å². The number of allylic oxidation sites excluding steroid dienone is 4. The molecule has 0 saturated heterocycles. The molecular formula is C19H19N. The second-order valence-electron chi connectivity index (χ2n) is 5.81. The fourth-order valence-corrected chi connectivity index (χ4v) is 3.60. The molecule has 4 rings (SSSR count). The monoisotopic (exact) mass is 261 g/mol. The molecule has 0 amide bonds. The molecule has 0 bridgehead atoms. The molecule has 0 heterocycles. The van der Waals surface area contributed by atoms with Crippen LogP contribution in [0.15, 0.2) is 48.1 Å². The molecule has 2 aromatic carbocycles. The SMILES string of the molecule is NCc1ccc2ccc3c(c2c1)CCC1=C3C=CCC1. The van der Waals surface area contributed by atoms with Crippen LogP contribution in [0.1, 0.15) is 36.0 Å². The molecule has 20 heavy (non-hydrogen) atoms. The van der Waals surface area contributed by atoms with Gasteiger partial charge in [-0.3, -0.25) is 0 Å². The van der Waals surface area contributed by atoms with Crippen molar-refractivity contribution < 1.29 is 0 Å². The van der Waals surface area contributed by atoms with Gasteiger partial charge < -0.3 is 5.73 Å². The summed E-state index contributed by atoms with van der Waals surface area (Å²) < 4.78 is 0. The summed E-state index contributed by atoms with van der Waals surface area (Å²) in [5.41, 5.74) is 13.1. The molecule has 2 aromatic rings. The van der Waals surface area contributed by atoms with Crippen molar-refractivity contribution >= 4 is 16.3 Å². The highest BCUT2D eigenvalue weighted by Gasteiger charge is 2.20. The molecule has 0 spiro atoms. The van der Waals surface area contributed by atoms with Crippen LogP contribution in [0.25, 0.3) is 16.3 Å². The highest BCUT2D eigenvalue weighted by atomic mass is 14.5. The van der Waals surface area contributed by atoms with Crippen molar-refractivity contribution in [3.05, 3.63) is 64.7 Å². The molecule has 0 unspecified atom stereocenters. The lowest BCUT2D eigenvalue weighted by Crippen LogP contribution is -2.07. The van der Waals surface area contributed by atoms with Gasteiger partial charge in [-0.05, 0) is 64.8 Å². The molecule has 0 radical (unpaired) electrons. The normalized spacial score (nSPS) is 17.2. The van der Waals surface area contributed by atoms with Crippen LogP contribution < -0.4 is 5.73 Å². The van der Waals surface area contributed by atoms with Gasteiger partial charge in [0, 0.05) is 6.54 Å². The predicted octanol–water partition coefficient (Wildman–Crippen LogP) is 4.35. The summed E-state index contributed by atoms with van der Waals surface area (Å²) in [5, 5.41) is 2.74. The van der Waals surface area contributed by atoms with Crippen molar-refractivity contribution in [2.75, 3.05) is 0 Å². The minimum absolute atomic E-state index is 0.619. The number of nitrogens with two attached hydrogens (primary N) is 1. The molecule has 0 aliphatic heterocycles. The van der Waals surface area contributed by atoms with Crippen LogP contribution >= 0.6 is 0 Å². The summed E-state index contributed by atoms with van der Waals surface area (Å²) in [6, 6.07) is 11.2. The Morgan fingerprint density at radius 2 is 1.90 bits per heavy atom. The highest BCUT2D eigenvalue weighted by molar-refractivity contribution is 5.94. The van der Waals surface area contributed by atoms with Gasteiger partial charge in [0.1, 0.15) is 0 Å². The molecule has 0 aromatic heterocycles. The predicted molar refractivity (Wildman–Crippen MR) is 85.5 cm³/mol. The zero-order valence-corrected chi connectivity index (χ0v) is 11.7. The number of hydrogen-bond acceptors (Lipinski definition) is 1. The Labute approximate surface area is 119 Å². The van der Waals surface area contributed by atoms with Gasteiger partial charge >= 0.3 is 0 Å². The van der Waals surface area contributed by atoms with Crippen LogP contribution in [-0.2, 0) is 13.0 Å². The van der Waals surface area contributed by atoms with Gasteiger partial charge in [-0.2, -0.15) is 0 Å². The molecule has 2 aliphatic rings. The lowest BCUT2D eigenvalue weighted by atomic mass is 9.79. The van der Waals surface area contributed by atoms with E-state index in [1.807, 2.05) is 0 Å². The van der Waals surface area contributed by atoms with Crippen molar-refractivity contribution in [2.24, 2.45) is 5.73 Å². The maximum Gasteiger partial charge on any atom is 0.0178 e. The topological polar surface area (TPSA) is 26.0 Å². The van der Waals surface area contributed by atoms with E-state index in [4.69, 9.17) is 5.73 Å². The molecular weight excluding hydrogens is 242 g/mol. The summed E-state index contributed by atoms with van der Waals surface area (Å²) in [6.07, 6.45) is 9.49. The lowest BCUT2D eigenvalue weighted by molar-refractivity contribution is 0.831. The zero-order valence-electron chi connectivity index (χ0n) is 11.7. The number of fused-ring (bicyclic) bond motifs is 4.